The van der Waals surface area contributed by atoms with Crippen molar-refractivity contribution in [3.05, 3.63) is 65.7 Å². The predicted octanol–water partition coefficient (Wildman–Crippen LogP) is 3.43. The van der Waals surface area contributed by atoms with Crippen LogP contribution in [0.1, 0.15) is 42.3 Å². The van der Waals surface area contributed by atoms with E-state index in [1.807, 2.05) is 0 Å². The van der Waals surface area contributed by atoms with Crippen molar-refractivity contribution in [1.29, 1.82) is 0 Å². The Morgan fingerprint density at radius 3 is 2.07 bits per heavy atom. The summed E-state index contributed by atoms with van der Waals surface area (Å²) in [7, 11) is 0. The number of ether oxygens (including phenoxy) is 1. The van der Waals surface area contributed by atoms with E-state index in [0.29, 0.717) is 11.1 Å². The summed E-state index contributed by atoms with van der Waals surface area (Å²) in [6, 6.07) is 6.65. The first kappa shape index (κ1) is 18.5. The van der Waals surface area contributed by atoms with Crippen molar-refractivity contribution in [2.45, 2.75) is 26.4 Å². The van der Waals surface area contributed by atoms with E-state index in [0.717, 1.165) is 4.57 Å². The Hall–Kier alpha value is -3.81. The van der Waals surface area contributed by atoms with Gasteiger partial charge >= 0.3 is 6.09 Å². The molecule has 0 atom stereocenters. The fourth-order valence-electron chi connectivity index (χ4n) is 3.19. The van der Waals surface area contributed by atoms with E-state index in [9.17, 15) is 14.7 Å². The van der Waals surface area contributed by atoms with Gasteiger partial charge in [0, 0.05) is 35.9 Å². The molecule has 0 spiro atoms. The minimum Gasteiger partial charge on any atom is -0.494 e. The van der Waals surface area contributed by atoms with Crippen LogP contribution >= 0.6 is 0 Å². The van der Waals surface area contributed by atoms with Crippen LogP contribution in [0.25, 0.3) is 11.3 Å². The largest absolute Gasteiger partial charge is 0.494 e. The summed E-state index contributed by atoms with van der Waals surface area (Å²) in [5.74, 6) is -0.946. The number of carbonyl (C=O) groups is 2. The lowest BCUT2D eigenvalue weighted by molar-refractivity contribution is 0.0528. The summed E-state index contributed by atoms with van der Waals surface area (Å²) < 4.78 is 6.48. The van der Waals surface area contributed by atoms with Gasteiger partial charge in [0.2, 0.25) is 5.88 Å². The summed E-state index contributed by atoms with van der Waals surface area (Å²) >= 11 is 0. The van der Waals surface area contributed by atoms with E-state index in [1.54, 1.807) is 57.4 Å². The highest BCUT2D eigenvalue weighted by molar-refractivity contribution is 6.31. The van der Waals surface area contributed by atoms with Crippen molar-refractivity contribution in [2.75, 3.05) is 0 Å². The minimum atomic E-state index is -0.793. The molecule has 0 aliphatic carbocycles. The van der Waals surface area contributed by atoms with Crippen molar-refractivity contribution >= 4 is 17.7 Å². The minimum absolute atomic E-state index is 0.145. The van der Waals surface area contributed by atoms with Gasteiger partial charge in [-0.3, -0.25) is 14.8 Å². The summed E-state index contributed by atoms with van der Waals surface area (Å²) in [4.78, 5) is 37.8. The van der Waals surface area contributed by atoms with Crippen LogP contribution in [0.2, 0.25) is 0 Å². The number of nitrogens with zero attached hydrogens (tertiary/aromatic N) is 4. The van der Waals surface area contributed by atoms with Gasteiger partial charge in [0.1, 0.15) is 5.60 Å². The average Bonchev–Trinajstić information content (AvgIpc) is 3.18. The van der Waals surface area contributed by atoms with Crippen molar-refractivity contribution in [1.82, 2.24) is 14.5 Å². The molecule has 0 saturated carbocycles. The molecule has 146 valence electrons. The Kier molecular flexibility index (Phi) is 4.26. The maximum Gasteiger partial charge on any atom is 0.421 e. The summed E-state index contributed by atoms with van der Waals surface area (Å²) in [5, 5.41) is 11.0. The highest BCUT2D eigenvalue weighted by Crippen LogP contribution is 2.41. The molecule has 4 heterocycles. The van der Waals surface area contributed by atoms with Gasteiger partial charge in [-0.25, -0.2) is 14.4 Å². The second-order valence-corrected chi connectivity index (χ2v) is 7.48. The molecule has 4 rings (SSSR count). The van der Waals surface area contributed by atoms with Gasteiger partial charge in [-0.2, -0.15) is 0 Å². The lowest BCUT2D eigenvalue weighted by Gasteiger charge is -2.21. The zero-order valence-corrected chi connectivity index (χ0v) is 16.1. The van der Waals surface area contributed by atoms with Gasteiger partial charge in [-0.1, -0.05) is 0 Å². The first-order chi connectivity index (χ1) is 13.8. The SMILES string of the molecule is CC(C)(C)OC(=O)n1c(O)c2c(c1-c1ccncc1)C(=O)N=C2c1ccncc1. The second-order valence-electron chi connectivity index (χ2n) is 7.48. The van der Waals surface area contributed by atoms with Crippen LogP contribution in [-0.4, -0.2) is 43.0 Å². The molecule has 1 amide bonds. The Bertz CT molecular complexity index is 1140. The highest BCUT2D eigenvalue weighted by atomic mass is 16.6. The summed E-state index contributed by atoms with van der Waals surface area (Å²) in [6.45, 7) is 5.17. The normalized spacial score (nSPS) is 13.2. The second kappa shape index (κ2) is 6.66. The lowest BCUT2D eigenvalue weighted by atomic mass is 10.0. The zero-order chi connectivity index (χ0) is 20.8. The molecule has 0 bridgehead atoms. The molecular formula is C21H18N4O4. The number of aliphatic imine (C=N–C) groups is 1. The van der Waals surface area contributed by atoms with Crippen LogP contribution in [0.15, 0.2) is 54.0 Å². The number of hydrogen-bond acceptors (Lipinski definition) is 6. The summed E-state index contributed by atoms with van der Waals surface area (Å²) in [5.41, 5.74) is 1.17. The van der Waals surface area contributed by atoms with Crippen LogP contribution in [0.3, 0.4) is 0 Å². The van der Waals surface area contributed by atoms with Crippen molar-refractivity contribution in [2.24, 2.45) is 4.99 Å². The van der Waals surface area contributed by atoms with Gasteiger partial charge in [-0.15, -0.1) is 0 Å². The fraction of sp³-hybridized carbons (Fsp3) is 0.190. The van der Waals surface area contributed by atoms with Crippen molar-refractivity contribution in [3.63, 3.8) is 0 Å². The maximum absolute atomic E-state index is 12.9. The Labute approximate surface area is 166 Å². The molecule has 8 heteroatoms. The quantitative estimate of drug-likeness (QED) is 0.718. The average molecular weight is 390 g/mol. The summed E-state index contributed by atoms with van der Waals surface area (Å²) in [6.07, 6.45) is 5.40. The predicted molar refractivity (Wildman–Crippen MR) is 105 cm³/mol. The Balaban J connectivity index is 1.98. The van der Waals surface area contributed by atoms with E-state index < -0.39 is 23.5 Å². The molecule has 0 saturated heterocycles. The Morgan fingerprint density at radius 2 is 1.52 bits per heavy atom. The molecule has 8 nitrogen and oxygen atoms in total. The molecule has 0 aromatic carbocycles. The standard InChI is InChI=1S/C21H18N4O4/c1-21(2,3)29-20(28)25-17(13-6-10-23-11-7-13)15-14(19(25)27)16(24-18(15)26)12-4-8-22-9-5-12/h4-11,27H,1-3H3. The fourth-order valence-corrected chi connectivity index (χ4v) is 3.19. The number of aromatic nitrogens is 3. The number of fused-ring (bicyclic) bond motifs is 1. The number of pyridine rings is 2. The van der Waals surface area contributed by atoms with Crippen molar-refractivity contribution in [3.8, 4) is 17.1 Å². The maximum atomic E-state index is 12.9. The van der Waals surface area contributed by atoms with Crippen LogP contribution in [0.5, 0.6) is 5.88 Å². The van der Waals surface area contributed by atoms with Crippen LogP contribution in [-0.2, 0) is 4.74 Å². The van der Waals surface area contributed by atoms with E-state index >= 15 is 0 Å². The molecule has 29 heavy (non-hydrogen) atoms. The highest BCUT2D eigenvalue weighted by Gasteiger charge is 2.39. The molecular weight excluding hydrogens is 372 g/mol. The lowest BCUT2D eigenvalue weighted by Crippen LogP contribution is -2.27. The Morgan fingerprint density at radius 1 is 0.966 bits per heavy atom. The van der Waals surface area contributed by atoms with Gasteiger partial charge in [-0.05, 0) is 45.0 Å². The topological polar surface area (TPSA) is 107 Å². The van der Waals surface area contributed by atoms with Gasteiger partial charge in [0.05, 0.1) is 22.5 Å². The number of hydrogen-bond donors (Lipinski definition) is 1. The third-order valence-electron chi connectivity index (χ3n) is 4.29. The smallest absolute Gasteiger partial charge is 0.421 e. The van der Waals surface area contributed by atoms with Gasteiger partial charge in [0.15, 0.2) is 0 Å². The van der Waals surface area contributed by atoms with E-state index in [4.69, 9.17) is 4.74 Å². The number of rotatable bonds is 2. The monoisotopic (exact) mass is 390 g/mol. The van der Waals surface area contributed by atoms with E-state index in [1.165, 1.54) is 12.4 Å². The first-order valence-electron chi connectivity index (χ1n) is 8.93. The third kappa shape index (κ3) is 3.18. The molecule has 0 radical (unpaired) electrons. The molecule has 0 fully saturated rings. The van der Waals surface area contributed by atoms with E-state index in [2.05, 4.69) is 15.0 Å². The van der Waals surface area contributed by atoms with Crippen LogP contribution in [0, 0.1) is 0 Å². The van der Waals surface area contributed by atoms with Crippen LogP contribution < -0.4 is 0 Å². The number of carbonyl (C=O) groups excluding carboxylic acids is 2. The molecule has 3 aromatic heterocycles. The van der Waals surface area contributed by atoms with Crippen molar-refractivity contribution < 1.29 is 19.4 Å². The molecule has 0 unspecified atom stereocenters. The molecule has 1 N–H and O–H groups in total. The van der Waals surface area contributed by atoms with Crippen LogP contribution in [0.4, 0.5) is 4.79 Å². The zero-order valence-electron chi connectivity index (χ0n) is 16.1. The molecule has 1 aliphatic rings. The first-order valence-corrected chi connectivity index (χ1v) is 8.93. The third-order valence-corrected chi connectivity index (χ3v) is 4.29. The van der Waals surface area contributed by atoms with E-state index in [-0.39, 0.29) is 22.5 Å². The molecule has 3 aromatic rings. The number of aromatic hydroxyl groups is 1. The number of amides is 1. The van der Waals surface area contributed by atoms with Gasteiger partial charge in [0.25, 0.3) is 5.91 Å². The van der Waals surface area contributed by atoms with Gasteiger partial charge < -0.3 is 9.84 Å². The molecule has 1 aliphatic heterocycles.